The third-order valence-electron chi connectivity index (χ3n) is 9.91. The lowest BCUT2D eigenvalue weighted by Gasteiger charge is -2.43. The van der Waals surface area contributed by atoms with Gasteiger partial charge in [-0.05, 0) is 61.8 Å². The molecule has 0 radical (unpaired) electrons. The van der Waals surface area contributed by atoms with E-state index in [4.69, 9.17) is 9.47 Å². The lowest BCUT2D eigenvalue weighted by molar-refractivity contribution is -0.140. The van der Waals surface area contributed by atoms with Crippen LogP contribution in [-0.2, 0) is 19.9 Å². The van der Waals surface area contributed by atoms with Crippen LogP contribution in [0.4, 0.5) is 5.69 Å². The molecule has 3 aromatic rings. The Morgan fingerprint density at radius 3 is 2.34 bits per heavy atom. The van der Waals surface area contributed by atoms with Crippen LogP contribution in [0, 0.1) is 11.8 Å². The smallest absolute Gasteiger partial charge is 0.225 e. The van der Waals surface area contributed by atoms with Crippen molar-refractivity contribution in [1.29, 1.82) is 0 Å². The predicted octanol–water partition coefficient (Wildman–Crippen LogP) is 4.67. The van der Waals surface area contributed by atoms with Crippen molar-refractivity contribution in [3.8, 4) is 11.1 Å². The number of hydrogen-bond donors (Lipinski definition) is 0. The van der Waals surface area contributed by atoms with Crippen molar-refractivity contribution >= 4 is 17.1 Å². The number of fused-ring (bicyclic) bond motifs is 1. The maximum Gasteiger partial charge on any atom is 0.225 e. The first-order valence-electron chi connectivity index (χ1n) is 15.3. The molecule has 8 heteroatoms. The molecule has 2 saturated heterocycles. The van der Waals surface area contributed by atoms with E-state index in [1.54, 1.807) is 7.11 Å². The Balaban J connectivity index is 1.14. The van der Waals surface area contributed by atoms with Gasteiger partial charge < -0.3 is 19.3 Å². The first-order valence-corrected chi connectivity index (χ1v) is 15.3. The second kappa shape index (κ2) is 11.7. The van der Waals surface area contributed by atoms with Gasteiger partial charge in [0.25, 0.3) is 0 Å². The molecule has 0 unspecified atom stereocenters. The van der Waals surface area contributed by atoms with Gasteiger partial charge in [-0.15, -0.1) is 0 Å². The fourth-order valence-electron chi connectivity index (χ4n) is 7.20. The standard InChI is InChI=1S/C33H45N5O3/c1-24-19-27(20-24)32(39)37-17-15-36(16-18-37)30-9-12-34-38-22-28(21-31(30)38)26-5-7-29(8-6-26)33(41-4)10-13-35(14-11-33)25(2)23-40-3/h5-9,12,21-22,24-25,27H,10-11,13-20,23H2,1-4H3/t24-,25-,27-/m1/s1. The summed E-state index contributed by atoms with van der Waals surface area (Å²) in [6.07, 6.45) is 8.05. The first kappa shape index (κ1) is 28.2. The normalized spacial score (nSPS) is 23.9. The summed E-state index contributed by atoms with van der Waals surface area (Å²) in [7, 11) is 3.62. The quantitative estimate of drug-likeness (QED) is 0.400. The maximum atomic E-state index is 12.8. The molecule has 4 heterocycles. The average molecular weight is 560 g/mol. The fraction of sp³-hybridized carbons (Fsp3) is 0.576. The number of nitrogens with zero attached hydrogens (tertiary/aromatic N) is 5. The molecule has 1 aliphatic carbocycles. The van der Waals surface area contributed by atoms with Gasteiger partial charge in [0, 0.05) is 83.4 Å². The number of carbonyl (C=O) groups is 1. The zero-order valence-electron chi connectivity index (χ0n) is 25.1. The van der Waals surface area contributed by atoms with Crippen LogP contribution >= 0.6 is 0 Å². The Labute approximate surface area is 244 Å². The number of piperidine rings is 1. The van der Waals surface area contributed by atoms with Crippen molar-refractivity contribution in [2.75, 3.05) is 65.0 Å². The summed E-state index contributed by atoms with van der Waals surface area (Å²) in [5, 5.41) is 4.62. The average Bonchev–Trinajstić information content (AvgIpc) is 3.44. The van der Waals surface area contributed by atoms with E-state index < -0.39 is 0 Å². The fourth-order valence-corrected chi connectivity index (χ4v) is 7.20. The minimum absolute atomic E-state index is 0.248. The molecule has 1 aromatic carbocycles. The van der Waals surface area contributed by atoms with E-state index >= 15 is 0 Å². The number of anilines is 1. The Morgan fingerprint density at radius 2 is 1.71 bits per heavy atom. The number of ether oxygens (including phenoxy) is 2. The number of methoxy groups -OCH3 is 2. The highest BCUT2D eigenvalue weighted by molar-refractivity contribution is 5.82. The van der Waals surface area contributed by atoms with Crippen molar-refractivity contribution in [1.82, 2.24) is 19.4 Å². The molecule has 0 N–H and O–H groups in total. The predicted molar refractivity (Wildman–Crippen MR) is 162 cm³/mol. The molecular weight excluding hydrogens is 514 g/mol. The van der Waals surface area contributed by atoms with E-state index in [9.17, 15) is 4.79 Å². The number of rotatable bonds is 8. The van der Waals surface area contributed by atoms with Gasteiger partial charge in [0.05, 0.1) is 23.4 Å². The number of carbonyl (C=O) groups excluding carboxylic acids is 1. The summed E-state index contributed by atoms with van der Waals surface area (Å²) >= 11 is 0. The topological polar surface area (TPSA) is 62.6 Å². The largest absolute Gasteiger partial charge is 0.383 e. The van der Waals surface area contributed by atoms with Crippen LogP contribution in [0.1, 0.15) is 45.1 Å². The van der Waals surface area contributed by atoms with Crippen LogP contribution in [0.3, 0.4) is 0 Å². The van der Waals surface area contributed by atoms with Gasteiger partial charge in [-0.25, -0.2) is 4.52 Å². The second-order valence-electron chi connectivity index (χ2n) is 12.5. The molecule has 0 spiro atoms. The van der Waals surface area contributed by atoms with Crippen molar-refractivity contribution in [3.05, 3.63) is 54.4 Å². The Morgan fingerprint density at radius 1 is 1.00 bits per heavy atom. The molecule has 1 atom stereocenters. The molecule has 0 bridgehead atoms. The number of benzene rings is 1. The number of aromatic nitrogens is 2. The van der Waals surface area contributed by atoms with Crippen molar-refractivity contribution < 1.29 is 14.3 Å². The molecule has 3 aliphatic rings. The third-order valence-corrected chi connectivity index (χ3v) is 9.91. The van der Waals surface area contributed by atoms with E-state index in [-0.39, 0.29) is 11.5 Å². The third kappa shape index (κ3) is 5.49. The summed E-state index contributed by atoms with van der Waals surface area (Å²) < 4.78 is 13.5. The molecule has 6 rings (SSSR count). The van der Waals surface area contributed by atoms with Gasteiger partial charge in [-0.1, -0.05) is 31.2 Å². The number of hydrogen-bond acceptors (Lipinski definition) is 6. The molecule has 2 aliphatic heterocycles. The van der Waals surface area contributed by atoms with Crippen molar-refractivity contribution in [3.63, 3.8) is 0 Å². The molecule has 2 aromatic heterocycles. The molecule has 220 valence electrons. The van der Waals surface area contributed by atoms with E-state index in [0.717, 1.165) is 82.6 Å². The van der Waals surface area contributed by atoms with Crippen LogP contribution in [0.25, 0.3) is 16.6 Å². The Bertz CT molecular complexity index is 1330. The number of amides is 1. The molecule has 8 nitrogen and oxygen atoms in total. The van der Waals surface area contributed by atoms with E-state index in [2.05, 4.69) is 76.2 Å². The van der Waals surface area contributed by atoms with Crippen LogP contribution in [0.15, 0.2) is 48.8 Å². The molecule has 41 heavy (non-hydrogen) atoms. The van der Waals surface area contributed by atoms with Crippen LogP contribution in [-0.4, -0.2) is 91.5 Å². The van der Waals surface area contributed by atoms with E-state index in [0.29, 0.717) is 17.9 Å². The molecule has 1 amide bonds. The maximum absolute atomic E-state index is 12.8. The lowest BCUT2D eigenvalue weighted by Crippen LogP contribution is -2.52. The van der Waals surface area contributed by atoms with Gasteiger partial charge in [0.2, 0.25) is 5.91 Å². The molecule has 1 saturated carbocycles. The van der Waals surface area contributed by atoms with Gasteiger partial charge in [-0.2, -0.15) is 5.10 Å². The van der Waals surface area contributed by atoms with Gasteiger partial charge >= 0.3 is 0 Å². The SMILES string of the molecule is COC[C@@H](C)N1CCC(OC)(c2ccc(-c3cc4c(N5CCN(C(=O)[C@H]6C[C@H](C)C6)CC5)ccnn4c3)cc2)CC1. The summed E-state index contributed by atoms with van der Waals surface area (Å²) in [4.78, 5) is 19.8. The zero-order chi connectivity index (χ0) is 28.6. The molecular formula is C33H45N5O3. The van der Waals surface area contributed by atoms with Crippen LogP contribution in [0.2, 0.25) is 0 Å². The van der Waals surface area contributed by atoms with Gasteiger partial charge in [0.1, 0.15) is 0 Å². The van der Waals surface area contributed by atoms with E-state index in [1.165, 1.54) is 16.8 Å². The minimum Gasteiger partial charge on any atom is -0.383 e. The minimum atomic E-state index is -0.248. The van der Waals surface area contributed by atoms with Crippen LogP contribution in [0.5, 0.6) is 0 Å². The summed E-state index contributed by atoms with van der Waals surface area (Å²) in [6, 6.07) is 13.7. The number of likely N-dealkylation sites (tertiary alicyclic amines) is 1. The highest BCUT2D eigenvalue weighted by Crippen LogP contribution is 2.38. The lowest BCUT2D eigenvalue weighted by atomic mass is 9.75. The summed E-state index contributed by atoms with van der Waals surface area (Å²) in [5.74, 6) is 1.31. The molecule has 3 fully saturated rings. The van der Waals surface area contributed by atoms with Crippen molar-refractivity contribution in [2.24, 2.45) is 11.8 Å². The van der Waals surface area contributed by atoms with Gasteiger partial charge in [-0.3, -0.25) is 9.69 Å². The Hall–Kier alpha value is -2.94. The zero-order valence-corrected chi connectivity index (χ0v) is 25.1. The Kier molecular flexibility index (Phi) is 8.07. The highest BCUT2D eigenvalue weighted by atomic mass is 16.5. The van der Waals surface area contributed by atoms with Crippen molar-refractivity contribution in [2.45, 2.75) is 51.2 Å². The monoisotopic (exact) mass is 559 g/mol. The van der Waals surface area contributed by atoms with Crippen LogP contribution < -0.4 is 4.90 Å². The van der Waals surface area contributed by atoms with Gasteiger partial charge in [0.15, 0.2) is 0 Å². The van der Waals surface area contributed by atoms with E-state index in [1.807, 2.05) is 17.8 Å². The second-order valence-corrected chi connectivity index (χ2v) is 12.5. The highest BCUT2D eigenvalue weighted by Gasteiger charge is 2.38. The summed E-state index contributed by atoms with van der Waals surface area (Å²) in [6.45, 7) is 10.5. The summed E-state index contributed by atoms with van der Waals surface area (Å²) in [5.41, 5.74) is 5.61. The first-order chi connectivity index (χ1) is 19.9. The number of piperazine rings is 1.